The second-order valence-corrected chi connectivity index (χ2v) is 6.70. The van der Waals surface area contributed by atoms with E-state index in [4.69, 9.17) is 4.42 Å². The summed E-state index contributed by atoms with van der Waals surface area (Å²) in [4.78, 5) is 17.9. The summed E-state index contributed by atoms with van der Waals surface area (Å²) in [5, 5.41) is 9.44. The molecule has 0 amide bonds. The molecular formula is C19H16N4O2S. The van der Waals surface area contributed by atoms with E-state index >= 15 is 0 Å². The molecule has 3 heterocycles. The highest BCUT2D eigenvalue weighted by Gasteiger charge is 2.19. The van der Waals surface area contributed by atoms with E-state index in [9.17, 15) is 4.79 Å². The van der Waals surface area contributed by atoms with Crippen molar-refractivity contribution < 1.29 is 9.21 Å². The van der Waals surface area contributed by atoms with Crippen LogP contribution in [0.25, 0.3) is 11.4 Å². The number of hydrogen-bond donors (Lipinski definition) is 1. The van der Waals surface area contributed by atoms with Gasteiger partial charge in [-0.15, -0.1) is 16.4 Å². The van der Waals surface area contributed by atoms with Crippen molar-refractivity contribution in [2.75, 3.05) is 5.32 Å². The molecule has 7 heteroatoms. The molecule has 1 aromatic carbocycles. The lowest BCUT2D eigenvalue weighted by Gasteiger charge is -2.04. The largest absolute Gasteiger partial charge is 0.467 e. The van der Waals surface area contributed by atoms with Crippen LogP contribution in [0.15, 0.2) is 64.6 Å². The zero-order valence-corrected chi connectivity index (χ0v) is 14.9. The lowest BCUT2D eigenvalue weighted by atomic mass is 10.1. The smallest absolute Gasteiger partial charge is 0.291 e. The Morgan fingerprint density at radius 1 is 1.19 bits per heavy atom. The number of hydrogen-bond acceptors (Lipinski definition) is 6. The molecule has 130 valence electrons. The number of carbonyl (C=O) groups excluding carboxylic acids is 1. The quantitative estimate of drug-likeness (QED) is 0.574. The van der Waals surface area contributed by atoms with E-state index in [0.29, 0.717) is 23.2 Å². The Hall–Kier alpha value is -3.19. The monoisotopic (exact) mass is 364 g/mol. The van der Waals surface area contributed by atoms with E-state index < -0.39 is 0 Å². The molecule has 4 aromatic rings. The Morgan fingerprint density at radius 2 is 2.04 bits per heavy atom. The van der Waals surface area contributed by atoms with Crippen LogP contribution in [-0.2, 0) is 6.54 Å². The fourth-order valence-corrected chi connectivity index (χ4v) is 3.13. The second kappa shape index (κ2) is 6.97. The molecule has 0 spiro atoms. The number of benzene rings is 1. The SMILES string of the molecule is Cc1ccc(-c2nc(NCc3ccco3)n(C(=O)c3cccs3)n2)cc1. The van der Waals surface area contributed by atoms with Gasteiger partial charge in [0.25, 0.3) is 5.91 Å². The van der Waals surface area contributed by atoms with Crippen molar-refractivity contribution in [3.8, 4) is 11.4 Å². The number of carbonyl (C=O) groups is 1. The maximum absolute atomic E-state index is 12.8. The number of rotatable bonds is 5. The lowest BCUT2D eigenvalue weighted by Crippen LogP contribution is -2.16. The van der Waals surface area contributed by atoms with Crippen LogP contribution in [0.2, 0.25) is 0 Å². The lowest BCUT2D eigenvalue weighted by molar-refractivity contribution is 0.0951. The number of aromatic nitrogens is 3. The van der Waals surface area contributed by atoms with Gasteiger partial charge in [-0.1, -0.05) is 35.9 Å². The molecule has 3 aromatic heterocycles. The third kappa shape index (κ3) is 3.29. The normalized spacial score (nSPS) is 10.8. The van der Waals surface area contributed by atoms with Crippen LogP contribution in [0.1, 0.15) is 21.0 Å². The molecule has 0 aliphatic heterocycles. The Morgan fingerprint density at radius 3 is 2.73 bits per heavy atom. The topological polar surface area (TPSA) is 73.0 Å². The van der Waals surface area contributed by atoms with Gasteiger partial charge in [-0.05, 0) is 30.5 Å². The Balaban J connectivity index is 1.69. The van der Waals surface area contributed by atoms with Gasteiger partial charge in [0.1, 0.15) is 5.76 Å². The highest BCUT2D eigenvalue weighted by atomic mass is 32.1. The van der Waals surface area contributed by atoms with Gasteiger partial charge in [0.2, 0.25) is 5.95 Å². The van der Waals surface area contributed by atoms with Gasteiger partial charge in [0, 0.05) is 5.56 Å². The van der Waals surface area contributed by atoms with Crippen LogP contribution in [0.4, 0.5) is 5.95 Å². The molecular weight excluding hydrogens is 348 g/mol. The Labute approximate surface area is 154 Å². The molecule has 0 aliphatic rings. The zero-order chi connectivity index (χ0) is 17.9. The highest BCUT2D eigenvalue weighted by molar-refractivity contribution is 7.12. The van der Waals surface area contributed by atoms with Gasteiger partial charge in [-0.2, -0.15) is 9.67 Å². The molecule has 0 atom stereocenters. The summed E-state index contributed by atoms with van der Waals surface area (Å²) in [5.74, 6) is 1.42. The predicted octanol–water partition coefficient (Wildman–Crippen LogP) is 4.21. The fraction of sp³-hybridized carbons (Fsp3) is 0.105. The number of furan rings is 1. The number of nitrogens with zero attached hydrogens (tertiary/aromatic N) is 3. The average Bonchev–Trinajstić information content (AvgIpc) is 3.41. The third-order valence-corrected chi connectivity index (χ3v) is 4.70. The first kappa shape index (κ1) is 16.3. The van der Waals surface area contributed by atoms with Gasteiger partial charge in [0.05, 0.1) is 17.7 Å². The number of aryl methyl sites for hydroxylation is 1. The minimum Gasteiger partial charge on any atom is -0.467 e. The van der Waals surface area contributed by atoms with E-state index in [0.717, 1.165) is 16.9 Å². The van der Waals surface area contributed by atoms with E-state index in [1.807, 2.05) is 54.8 Å². The van der Waals surface area contributed by atoms with Gasteiger partial charge in [0.15, 0.2) is 5.82 Å². The second-order valence-electron chi connectivity index (χ2n) is 5.75. The fourth-order valence-electron chi connectivity index (χ4n) is 2.48. The number of anilines is 1. The van der Waals surface area contributed by atoms with Crippen LogP contribution >= 0.6 is 11.3 Å². The van der Waals surface area contributed by atoms with Crippen LogP contribution in [0, 0.1) is 6.92 Å². The van der Waals surface area contributed by atoms with E-state index in [1.54, 1.807) is 12.3 Å². The molecule has 0 radical (unpaired) electrons. The Kier molecular flexibility index (Phi) is 4.37. The number of nitrogens with one attached hydrogen (secondary N) is 1. The summed E-state index contributed by atoms with van der Waals surface area (Å²) in [7, 11) is 0. The van der Waals surface area contributed by atoms with Crippen molar-refractivity contribution in [2.45, 2.75) is 13.5 Å². The van der Waals surface area contributed by atoms with Crippen LogP contribution in [0.3, 0.4) is 0 Å². The van der Waals surface area contributed by atoms with Gasteiger partial charge in [-0.25, -0.2) is 0 Å². The molecule has 0 bridgehead atoms. The molecule has 6 nitrogen and oxygen atoms in total. The van der Waals surface area contributed by atoms with Gasteiger partial charge in [-0.3, -0.25) is 4.79 Å². The summed E-state index contributed by atoms with van der Waals surface area (Å²) < 4.78 is 6.64. The molecule has 4 rings (SSSR count). The molecule has 0 aliphatic carbocycles. The van der Waals surface area contributed by atoms with E-state index in [1.165, 1.54) is 16.0 Å². The van der Waals surface area contributed by atoms with Gasteiger partial charge >= 0.3 is 0 Å². The van der Waals surface area contributed by atoms with Crippen molar-refractivity contribution in [2.24, 2.45) is 0 Å². The minimum absolute atomic E-state index is 0.215. The summed E-state index contributed by atoms with van der Waals surface area (Å²) in [5.41, 5.74) is 2.01. The summed E-state index contributed by atoms with van der Waals surface area (Å²) in [6, 6.07) is 15.2. The molecule has 1 N–H and O–H groups in total. The summed E-state index contributed by atoms with van der Waals surface area (Å²) in [6.45, 7) is 2.43. The third-order valence-electron chi connectivity index (χ3n) is 3.84. The van der Waals surface area contributed by atoms with E-state index in [-0.39, 0.29) is 5.91 Å². The highest BCUT2D eigenvalue weighted by Crippen LogP contribution is 2.21. The zero-order valence-electron chi connectivity index (χ0n) is 14.0. The first-order chi connectivity index (χ1) is 12.7. The molecule has 0 unspecified atom stereocenters. The van der Waals surface area contributed by atoms with Crippen molar-refractivity contribution >= 4 is 23.2 Å². The predicted molar refractivity (Wildman–Crippen MR) is 100 cm³/mol. The molecule has 0 fully saturated rings. The summed E-state index contributed by atoms with van der Waals surface area (Å²) in [6.07, 6.45) is 1.61. The van der Waals surface area contributed by atoms with Crippen LogP contribution in [-0.4, -0.2) is 20.7 Å². The average molecular weight is 364 g/mol. The first-order valence-corrected chi connectivity index (χ1v) is 8.97. The first-order valence-electron chi connectivity index (χ1n) is 8.09. The maximum atomic E-state index is 12.8. The standard InChI is InChI=1S/C19H16N4O2S/c1-13-6-8-14(9-7-13)17-21-19(20-12-15-4-2-10-25-15)23(22-17)18(24)16-5-3-11-26-16/h2-11H,12H2,1H3,(H,20,21,22). The molecule has 26 heavy (non-hydrogen) atoms. The van der Waals surface area contributed by atoms with Crippen molar-refractivity contribution in [3.05, 3.63) is 76.4 Å². The minimum atomic E-state index is -0.215. The van der Waals surface area contributed by atoms with Crippen LogP contribution < -0.4 is 5.32 Å². The van der Waals surface area contributed by atoms with Crippen molar-refractivity contribution in [3.63, 3.8) is 0 Å². The van der Waals surface area contributed by atoms with Crippen LogP contribution in [0.5, 0.6) is 0 Å². The Bertz CT molecular complexity index is 1000. The van der Waals surface area contributed by atoms with Crippen molar-refractivity contribution in [1.82, 2.24) is 14.8 Å². The maximum Gasteiger partial charge on any atom is 0.291 e. The van der Waals surface area contributed by atoms with Crippen molar-refractivity contribution in [1.29, 1.82) is 0 Å². The molecule has 0 saturated heterocycles. The summed E-state index contributed by atoms with van der Waals surface area (Å²) >= 11 is 1.37. The van der Waals surface area contributed by atoms with Gasteiger partial charge < -0.3 is 9.73 Å². The van der Waals surface area contributed by atoms with E-state index in [2.05, 4.69) is 15.4 Å². The number of thiophene rings is 1. The molecule has 0 saturated carbocycles.